The highest BCUT2D eigenvalue weighted by Gasteiger charge is 2.21. The maximum Gasteiger partial charge on any atom is 0.419 e. The summed E-state index contributed by atoms with van der Waals surface area (Å²) < 4.78 is 7.10. The Balaban J connectivity index is 2.38. The fourth-order valence-corrected chi connectivity index (χ4v) is 3.43. The summed E-state index contributed by atoms with van der Waals surface area (Å²) in [7, 11) is 0. The Labute approximate surface area is 159 Å². The fraction of sp³-hybridized carbons (Fsp3) is 0.500. The molecule has 0 unspecified atom stereocenters. The van der Waals surface area contributed by atoms with E-state index in [2.05, 4.69) is 18.3 Å². The van der Waals surface area contributed by atoms with Gasteiger partial charge in [-0.2, -0.15) is 0 Å². The van der Waals surface area contributed by atoms with Crippen molar-refractivity contribution in [2.45, 2.75) is 58.0 Å². The Morgan fingerprint density at radius 3 is 2.62 bits per heavy atom. The quantitative estimate of drug-likeness (QED) is 0.748. The summed E-state index contributed by atoms with van der Waals surface area (Å²) in [4.78, 5) is 24.9. The first-order chi connectivity index (χ1) is 12.2. The summed E-state index contributed by atoms with van der Waals surface area (Å²) in [5.74, 6) is 1.000. The second-order valence-electron chi connectivity index (χ2n) is 7.27. The molecule has 0 saturated heterocycles. The van der Waals surface area contributed by atoms with E-state index >= 15 is 0 Å². The number of carbonyl (C=O) groups is 2. The van der Waals surface area contributed by atoms with Gasteiger partial charge in [-0.1, -0.05) is 6.92 Å². The molecule has 0 aliphatic heterocycles. The molecule has 0 saturated carbocycles. The van der Waals surface area contributed by atoms with Crippen molar-refractivity contribution >= 4 is 34.7 Å². The highest BCUT2D eigenvalue weighted by molar-refractivity contribution is 7.99. The number of benzene rings is 1. The molecule has 0 bridgehead atoms. The minimum absolute atomic E-state index is 0.0555. The number of nitrogens with zero attached hydrogens (tertiary/aromatic N) is 1. The van der Waals surface area contributed by atoms with Crippen LogP contribution in [0.1, 0.15) is 46.6 Å². The highest BCUT2D eigenvalue weighted by atomic mass is 32.2. The normalized spacial score (nSPS) is 11.6. The monoisotopic (exact) mass is 376 g/mol. The second-order valence-corrected chi connectivity index (χ2v) is 8.43. The fourth-order valence-electron chi connectivity index (χ4n) is 2.62. The minimum Gasteiger partial charge on any atom is -0.443 e. The van der Waals surface area contributed by atoms with Gasteiger partial charge in [0.25, 0.3) is 0 Å². The van der Waals surface area contributed by atoms with E-state index in [0.717, 1.165) is 28.6 Å². The number of thioether (sulfide) groups is 1. The van der Waals surface area contributed by atoms with Gasteiger partial charge in [0.1, 0.15) is 5.60 Å². The molecule has 142 valence electrons. The summed E-state index contributed by atoms with van der Waals surface area (Å²) in [6.45, 7) is 9.76. The van der Waals surface area contributed by atoms with Crippen molar-refractivity contribution in [2.75, 3.05) is 12.3 Å². The number of rotatable bonds is 6. The number of fused-ring (bicyclic) bond motifs is 1. The molecule has 1 heterocycles. The van der Waals surface area contributed by atoms with Crippen LogP contribution in [0.4, 0.5) is 4.79 Å². The van der Waals surface area contributed by atoms with Gasteiger partial charge in [0, 0.05) is 29.9 Å². The van der Waals surface area contributed by atoms with Crippen LogP contribution in [-0.2, 0) is 16.0 Å². The zero-order valence-corrected chi connectivity index (χ0v) is 17.0. The summed E-state index contributed by atoms with van der Waals surface area (Å²) in [6.07, 6.45) is 3.21. The average molecular weight is 377 g/mol. The van der Waals surface area contributed by atoms with Crippen LogP contribution in [0.3, 0.4) is 0 Å². The van der Waals surface area contributed by atoms with Gasteiger partial charge >= 0.3 is 6.09 Å². The third-order valence-corrected chi connectivity index (χ3v) is 4.89. The summed E-state index contributed by atoms with van der Waals surface area (Å²) in [5, 5.41) is 3.84. The van der Waals surface area contributed by atoms with Crippen LogP contribution in [-0.4, -0.2) is 34.5 Å². The maximum atomic E-state index is 12.6. The molecule has 1 aromatic carbocycles. The van der Waals surface area contributed by atoms with Crippen molar-refractivity contribution in [2.24, 2.45) is 0 Å². The number of hydrogen-bond donors (Lipinski definition) is 1. The van der Waals surface area contributed by atoms with Crippen LogP contribution >= 0.6 is 11.8 Å². The van der Waals surface area contributed by atoms with Crippen LogP contribution in [0.25, 0.3) is 10.9 Å². The Bertz CT molecular complexity index is 790. The number of nitrogens with one attached hydrogen (secondary N) is 1. The van der Waals surface area contributed by atoms with Gasteiger partial charge in [-0.3, -0.25) is 9.36 Å². The van der Waals surface area contributed by atoms with Crippen LogP contribution in [0, 0.1) is 0 Å². The summed E-state index contributed by atoms with van der Waals surface area (Å²) in [5.41, 5.74) is 1.30. The molecule has 0 radical (unpaired) electrons. The molecule has 0 fully saturated rings. The van der Waals surface area contributed by atoms with Gasteiger partial charge in [0.15, 0.2) is 0 Å². The predicted octanol–water partition coefficient (Wildman–Crippen LogP) is 4.61. The smallest absolute Gasteiger partial charge is 0.419 e. The average Bonchev–Trinajstić information content (AvgIpc) is 2.89. The minimum atomic E-state index is -0.555. The number of amides is 1. The maximum absolute atomic E-state index is 12.6. The first-order valence-corrected chi connectivity index (χ1v) is 9.94. The standard InChI is InChI=1S/C20H28N2O3S/c1-6-11-26-16-7-8-18-17(12-16)15(9-10-21-14(2)23)13-22(18)19(24)25-20(3,4)5/h7-8,12-13H,6,9-11H2,1-5H3,(H,21,23). The molecule has 26 heavy (non-hydrogen) atoms. The molecule has 1 amide bonds. The number of hydrogen-bond acceptors (Lipinski definition) is 4. The zero-order chi connectivity index (χ0) is 19.3. The van der Waals surface area contributed by atoms with Gasteiger partial charge in [-0.15, -0.1) is 11.8 Å². The van der Waals surface area contributed by atoms with Crippen LogP contribution < -0.4 is 5.32 Å². The number of carbonyl (C=O) groups excluding carboxylic acids is 2. The highest BCUT2D eigenvalue weighted by Crippen LogP contribution is 2.29. The molecule has 0 atom stereocenters. The van der Waals surface area contributed by atoms with Crippen molar-refractivity contribution in [1.82, 2.24) is 9.88 Å². The number of aromatic nitrogens is 1. The first kappa shape index (κ1) is 20.4. The molecule has 2 rings (SSSR count). The van der Waals surface area contributed by atoms with Gasteiger partial charge in [0.05, 0.1) is 5.52 Å². The lowest BCUT2D eigenvalue weighted by Gasteiger charge is -2.19. The molecule has 1 aromatic heterocycles. The SMILES string of the molecule is CCCSc1ccc2c(c1)c(CCNC(C)=O)cn2C(=O)OC(C)(C)C. The van der Waals surface area contributed by atoms with E-state index in [0.29, 0.717) is 13.0 Å². The van der Waals surface area contributed by atoms with Crippen molar-refractivity contribution in [1.29, 1.82) is 0 Å². The van der Waals surface area contributed by atoms with Crippen molar-refractivity contribution in [3.63, 3.8) is 0 Å². The predicted molar refractivity (Wildman–Crippen MR) is 107 cm³/mol. The molecule has 2 aromatic rings. The second kappa shape index (κ2) is 8.62. The molecular formula is C20H28N2O3S. The Hall–Kier alpha value is -1.95. The Kier molecular flexibility index (Phi) is 6.75. The zero-order valence-electron chi connectivity index (χ0n) is 16.2. The lowest BCUT2D eigenvalue weighted by molar-refractivity contribution is -0.118. The van der Waals surface area contributed by atoms with E-state index in [1.807, 2.05) is 39.1 Å². The van der Waals surface area contributed by atoms with Gasteiger partial charge < -0.3 is 10.1 Å². The third-order valence-electron chi connectivity index (χ3n) is 3.69. The third kappa shape index (κ3) is 5.53. The molecule has 5 nitrogen and oxygen atoms in total. The van der Waals surface area contributed by atoms with E-state index in [9.17, 15) is 9.59 Å². The van der Waals surface area contributed by atoms with E-state index < -0.39 is 5.60 Å². The summed E-state index contributed by atoms with van der Waals surface area (Å²) in [6, 6.07) is 6.14. The molecule has 0 aliphatic rings. The van der Waals surface area contributed by atoms with Gasteiger partial charge in [-0.25, -0.2) is 4.79 Å². The van der Waals surface area contributed by atoms with Crippen LogP contribution in [0.15, 0.2) is 29.3 Å². The van der Waals surface area contributed by atoms with E-state index in [-0.39, 0.29) is 12.0 Å². The van der Waals surface area contributed by atoms with Crippen molar-refractivity contribution < 1.29 is 14.3 Å². The largest absolute Gasteiger partial charge is 0.443 e. The molecule has 6 heteroatoms. The lowest BCUT2D eigenvalue weighted by atomic mass is 10.1. The van der Waals surface area contributed by atoms with Crippen LogP contribution in [0.5, 0.6) is 0 Å². The Morgan fingerprint density at radius 2 is 2.00 bits per heavy atom. The van der Waals surface area contributed by atoms with Crippen molar-refractivity contribution in [3.05, 3.63) is 30.0 Å². The van der Waals surface area contributed by atoms with E-state index in [1.165, 1.54) is 11.8 Å². The van der Waals surface area contributed by atoms with Gasteiger partial charge in [-0.05, 0) is 63.1 Å². The van der Waals surface area contributed by atoms with Gasteiger partial charge in [0.2, 0.25) is 5.91 Å². The Morgan fingerprint density at radius 1 is 1.27 bits per heavy atom. The topological polar surface area (TPSA) is 60.3 Å². The van der Waals surface area contributed by atoms with E-state index in [4.69, 9.17) is 4.74 Å². The number of ether oxygens (including phenoxy) is 1. The molecule has 1 N–H and O–H groups in total. The summed E-state index contributed by atoms with van der Waals surface area (Å²) >= 11 is 1.81. The lowest BCUT2D eigenvalue weighted by Crippen LogP contribution is -2.26. The van der Waals surface area contributed by atoms with Crippen molar-refractivity contribution in [3.8, 4) is 0 Å². The first-order valence-electron chi connectivity index (χ1n) is 8.96. The molecular weight excluding hydrogens is 348 g/mol. The molecule has 0 aliphatic carbocycles. The van der Waals surface area contributed by atoms with Crippen LogP contribution in [0.2, 0.25) is 0 Å². The van der Waals surface area contributed by atoms with E-state index in [1.54, 1.807) is 16.3 Å². The molecule has 0 spiro atoms.